The zero-order valence-corrected chi connectivity index (χ0v) is 12.6. The summed E-state index contributed by atoms with van der Waals surface area (Å²) < 4.78 is 5.77. The lowest BCUT2D eigenvalue weighted by atomic mass is 10.1. The molecule has 3 aromatic rings. The largest absolute Gasteiger partial charge is 0.457 e. The van der Waals surface area contributed by atoms with E-state index >= 15 is 0 Å². The third-order valence-corrected chi connectivity index (χ3v) is 3.39. The van der Waals surface area contributed by atoms with Crippen molar-refractivity contribution in [1.29, 1.82) is 0 Å². The third kappa shape index (κ3) is 3.18. The Morgan fingerprint density at radius 2 is 1.74 bits per heavy atom. The molecule has 1 amide bonds. The summed E-state index contributed by atoms with van der Waals surface area (Å²) >= 11 is 0. The standard InChI is InChI=1S/C18H16N3O2/c1-19-16-11-20-17(18(16)21-12-22)13-7-9-15(10-8-13)23-14-5-3-2-4-6-14/h2-10,12,19-20H,1H3,(H,21,22). The van der Waals surface area contributed by atoms with Crippen molar-refractivity contribution in [3.8, 4) is 22.8 Å². The first-order valence-electron chi connectivity index (χ1n) is 7.16. The quantitative estimate of drug-likeness (QED) is 0.605. The average Bonchev–Trinajstić information content (AvgIpc) is 3.00. The Balaban J connectivity index is 1.85. The molecule has 0 bridgehead atoms. The minimum atomic E-state index is 0.647. The van der Waals surface area contributed by atoms with Gasteiger partial charge in [0.25, 0.3) is 0 Å². The van der Waals surface area contributed by atoms with Crippen LogP contribution in [0.5, 0.6) is 11.5 Å². The number of anilines is 2. The Morgan fingerprint density at radius 1 is 1.04 bits per heavy atom. The van der Waals surface area contributed by atoms with E-state index in [0.29, 0.717) is 17.8 Å². The van der Waals surface area contributed by atoms with Gasteiger partial charge in [-0.25, -0.2) is 0 Å². The molecule has 5 heteroatoms. The minimum Gasteiger partial charge on any atom is -0.457 e. The molecule has 3 rings (SSSR count). The molecule has 3 N–H and O–H groups in total. The first-order valence-corrected chi connectivity index (χ1v) is 7.16. The number of H-pyrrole nitrogens is 1. The molecule has 2 aromatic carbocycles. The smallest absolute Gasteiger partial charge is 0.211 e. The zero-order chi connectivity index (χ0) is 16.1. The summed E-state index contributed by atoms with van der Waals surface area (Å²) in [5, 5.41) is 5.67. The molecular weight excluding hydrogens is 290 g/mol. The predicted molar refractivity (Wildman–Crippen MR) is 90.8 cm³/mol. The number of para-hydroxylation sites is 1. The first-order chi connectivity index (χ1) is 11.3. The highest BCUT2D eigenvalue weighted by Gasteiger charge is 2.12. The SMILES string of the molecule is CNc1[c][nH]c(-c2ccc(Oc3ccccc3)cc2)c1NC=O. The second-order valence-corrected chi connectivity index (χ2v) is 4.83. The summed E-state index contributed by atoms with van der Waals surface area (Å²) in [5.74, 6) is 1.53. The Kier molecular flexibility index (Phi) is 4.29. The van der Waals surface area contributed by atoms with Crippen LogP contribution in [-0.2, 0) is 4.79 Å². The van der Waals surface area contributed by atoms with Crippen molar-refractivity contribution >= 4 is 17.8 Å². The van der Waals surface area contributed by atoms with Gasteiger partial charge in [0.15, 0.2) is 0 Å². The van der Waals surface area contributed by atoms with Crippen LogP contribution in [-0.4, -0.2) is 18.4 Å². The fourth-order valence-electron chi connectivity index (χ4n) is 2.30. The second-order valence-electron chi connectivity index (χ2n) is 4.83. The summed E-state index contributed by atoms with van der Waals surface area (Å²) in [6, 6.07) is 17.2. The number of nitrogens with one attached hydrogen (secondary N) is 3. The second kappa shape index (κ2) is 6.70. The van der Waals surface area contributed by atoms with Crippen molar-refractivity contribution in [1.82, 2.24) is 4.98 Å². The molecule has 5 nitrogen and oxygen atoms in total. The van der Waals surface area contributed by atoms with Crippen LogP contribution in [0.4, 0.5) is 11.4 Å². The Bertz CT molecular complexity index is 780. The van der Waals surface area contributed by atoms with Gasteiger partial charge >= 0.3 is 0 Å². The van der Waals surface area contributed by atoms with Gasteiger partial charge in [0.2, 0.25) is 6.41 Å². The lowest BCUT2D eigenvalue weighted by molar-refractivity contribution is -0.105. The highest BCUT2D eigenvalue weighted by molar-refractivity contribution is 5.91. The first kappa shape index (κ1) is 14.7. The number of amides is 1. The van der Waals surface area contributed by atoms with Crippen LogP contribution in [0.2, 0.25) is 0 Å². The van der Waals surface area contributed by atoms with E-state index in [1.165, 1.54) is 0 Å². The van der Waals surface area contributed by atoms with Crippen LogP contribution in [0.25, 0.3) is 11.3 Å². The van der Waals surface area contributed by atoms with Gasteiger partial charge in [-0.1, -0.05) is 18.2 Å². The molecule has 1 radical (unpaired) electrons. The van der Waals surface area contributed by atoms with Crippen LogP contribution in [0.15, 0.2) is 54.6 Å². The van der Waals surface area contributed by atoms with Crippen molar-refractivity contribution in [3.05, 3.63) is 60.8 Å². The van der Waals surface area contributed by atoms with Gasteiger partial charge in [-0.05, 0) is 36.4 Å². The Labute approximate surface area is 134 Å². The number of aromatic nitrogens is 1. The number of benzene rings is 2. The molecule has 1 aromatic heterocycles. The summed E-state index contributed by atoms with van der Waals surface area (Å²) in [7, 11) is 1.77. The number of ether oxygens (including phenoxy) is 1. The maximum absolute atomic E-state index is 10.8. The number of aromatic amines is 1. The van der Waals surface area contributed by atoms with E-state index in [1.54, 1.807) is 7.05 Å². The lowest BCUT2D eigenvalue weighted by Gasteiger charge is -2.08. The maximum atomic E-state index is 10.8. The molecule has 0 fully saturated rings. The van der Waals surface area contributed by atoms with Crippen LogP contribution in [0.1, 0.15) is 0 Å². The monoisotopic (exact) mass is 306 g/mol. The van der Waals surface area contributed by atoms with E-state index < -0.39 is 0 Å². The van der Waals surface area contributed by atoms with Crippen LogP contribution >= 0.6 is 0 Å². The fraction of sp³-hybridized carbons (Fsp3) is 0.0556. The molecule has 0 atom stereocenters. The molecule has 0 aliphatic rings. The van der Waals surface area contributed by atoms with E-state index in [9.17, 15) is 4.79 Å². The molecule has 0 spiro atoms. The normalized spacial score (nSPS) is 10.1. The van der Waals surface area contributed by atoms with Gasteiger partial charge in [-0.15, -0.1) is 0 Å². The van der Waals surface area contributed by atoms with E-state index in [0.717, 1.165) is 22.8 Å². The van der Waals surface area contributed by atoms with Crippen LogP contribution < -0.4 is 15.4 Å². The summed E-state index contributed by atoms with van der Waals surface area (Å²) in [4.78, 5) is 13.8. The molecule has 115 valence electrons. The summed E-state index contributed by atoms with van der Waals surface area (Å²) in [6.45, 7) is 0. The third-order valence-electron chi connectivity index (χ3n) is 3.39. The highest BCUT2D eigenvalue weighted by Crippen LogP contribution is 2.34. The number of rotatable bonds is 6. The van der Waals surface area contributed by atoms with E-state index in [2.05, 4.69) is 21.8 Å². The minimum absolute atomic E-state index is 0.647. The molecule has 0 saturated heterocycles. The topological polar surface area (TPSA) is 66.2 Å². The number of carbonyl (C=O) groups excluding carboxylic acids is 1. The number of hydrogen-bond donors (Lipinski definition) is 3. The van der Waals surface area contributed by atoms with Gasteiger partial charge in [-0.2, -0.15) is 0 Å². The van der Waals surface area contributed by atoms with Crippen molar-refractivity contribution < 1.29 is 9.53 Å². The van der Waals surface area contributed by atoms with Crippen molar-refractivity contribution in [2.75, 3.05) is 17.7 Å². The lowest BCUT2D eigenvalue weighted by Crippen LogP contribution is -1.98. The molecule has 0 unspecified atom stereocenters. The molecule has 23 heavy (non-hydrogen) atoms. The average molecular weight is 306 g/mol. The molecule has 0 aliphatic heterocycles. The molecular formula is C18H16N3O2. The molecule has 0 saturated carbocycles. The summed E-state index contributed by atoms with van der Waals surface area (Å²) in [5.41, 5.74) is 3.08. The van der Waals surface area contributed by atoms with Gasteiger partial charge in [0.1, 0.15) is 11.5 Å². The Hall–Kier alpha value is -3.21. The van der Waals surface area contributed by atoms with Crippen LogP contribution in [0, 0.1) is 6.20 Å². The number of hydrogen-bond acceptors (Lipinski definition) is 3. The highest BCUT2D eigenvalue weighted by atomic mass is 16.5. The Morgan fingerprint density at radius 3 is 2.39 bits per heavy atom. The van der Waals surface area contributed by atoms with Gasteiger partial charge in [-0.3, -0.25) is 4.79 Å². The molecule has 1 heterocycles. The fourth-order valence-corrected chi connectivity index (χ4v) is 2.30. The summed E-state index contributed by atoms with van der Waals surface area (Å²) in [6.07, 6.45) is 3.62. The van der Waals surface area contributed by atoms with Crippen LogP contribution in [0.3, 0.4) is 0 Å². The predicted octanol–water partition coefficient (Wildman–Crippen LogP) is 3.88. The maximum Gasteiger partial charge on any atom is 0.211 e. The van der Waals surface area contributed by atoms with E-state index in [4.69, 9.17) is 4.74 Å². The molecule has 0 aliphatic carbocycles. The van der Waals surface area contributed by atoms with E-state index in [1.807, 2.05) is 54.6 Å². The van der Waals surface area contributed by atoms with Gasteiger partial charge < -0.3 is 20.4 Å². The van der Waals surface area contributed by atoms with Gasteiger partial charge in [0.05, 0.1) is 23.3 Å². The van der Waals surface area contributed by atoms with Crippen molar-refractivity contribution in [2.45, 2.75) is 0 Å². The zero-order valence-electron chi connectivity index (χ0n) is 12.6. The van der Waals surface area contributed by atoms with Crippen molar-refractivity contribution in [3.63, 3.8) is 0 Å². The number of carbonyl (C=O) groups is 1. The van der Waals surface area contributed by atoms with Crippen molar-refractivity contribution in [2.24, 2.45) is 0 Å². The van der Waals surface area contributed by atoms with Gasteiger partial charge in [0, 0.05) is 12.6 Å². The van der Waals surface area contributed by atoms with E-state index in [-0.39, 0.29) is 0 Å².